The van der Waals surface area contributed by atoms with Crippen LogP contribution in [0.4, 0.5) is 5.82 Å². The van der Waals surface area contributed by atoms with Crippen LogP contribution in [-0.2, 0) is 19.4 Å². The predicted molar refractivity (Wildman–Crippen MR) is 115 cm³/mol. The van der Waals surface area contributed by atoms with Crippen LogP contribution in [0.25, 0.3) is 10.2 Å². The van der Waals surface area contributed by atoms with Crippen molar-refractivity contribution in [3.63, 3.8) is 0 Å². The van der Waals surface area contributed by atoms with Crippen LogP contribution in [0.15, 0.2) is 10.6 Å². The van der Waals surface area contributed by atoms with E-state index in [9.17, 15) is 0 Å². The minimum absolute atomic E-state index is 0.592. The summed E-state index contributed by atoms with van der Waals surface area (Å²) in [6, 6.07) is 2.04. The van der Waals surface area contributed by atoms with E-state index in [1.807, 2.05) is 24.3 Å². The molecule has 1 saturated heterocycles. The van der Waals surface area contributed by atoms with Gasteiger partial charge in [0.05, 0.1) is 11.1 Å². The number of aromatic nitrogens is 3. The number of thiophene rings is 1. The van der Waals surface area contributed by atoms with E-state index in [0.29, 0.717) is 5.92 Å². The minimum atomic E-state index is 0.592. The van der Waals surface area contributed by atoms with E-state index in [4.69, 9.17) is 14.5 Å². The van der Waals surface area contributed by atoms with E-state index in [1.165, 1.54) is 54.6 Å². The van der Waals surface area contributed by atoms with Gasteiger partial charge in [0.25, 0.3) is 0 Å². The molecule has 0 unspecified atom stereocenters. The molecule has 0 spiro atoms. The lowest BCUT2D eigenvalue weighted by Gasteiger charge is -2.35. The average Bonchev–Trinajstić information content (AvgIpc) is 3.41. The molecule has 29 heavy (non-hydrogen) atoms. The lowest BCUT2D eigenvalue weighted by Crippen LogP contribution is -2.46. The van der Waals surface area contributed by atoms with Crippen molar-refractivity contribution >= 4 is 27.4 Å². The number of fused-ring (bicyclic) bond motifs is 3. The van der Waals surface area contributed by atoms with Crippen molar-refractivity contribution in [3.05, 3.63) is 33.8 Å². The Labute approximate surface area is 174 Å². The maximum atomic E-state index is 5.23. The molecule has 0 amide bonds. The van der Waals surface area contributed by atoms with Crippen LogP contribution < -0.4 is 4.90 Å². The number of nitrogens with zero attached hydrogens (tertiary/aromatic N) is 5. The second-order valence-corrected chi connectivity index (χ2v) is 9.85. The standard InChI is InChI=1S/C22H27N5OS/c1-14-12-16(25-28-14)13-26-8-10-27(11-9-26)21-19-17-4-2-3-5-18(17)29-22(19)24-20(23-21)15-6-7-15/h12,15H,2-11,13H2,1H3. The van der Waals surface area contributed by atoms with Gasteiger partial charge in [-0.25, -0.2) is 9.97 Å². The van der Waals surface area contributed by atoms with Gasteiger partial charge in [0.15, 0.2) is 0 Å². The van der Waals surface area contributed by atoms with Gasteiger partial charge in [-0.2, -0.15) is 0 Å². The normalized spacial score (nSPS) is 20.4. The van der Waals surface area contributed by atoms with Crippen LogP contribution >= 0.6 is 11.3 Å². The molecule has 0 N–H and O–H groups in total. The second-order valence-electron chi connectivity index (χ2n) is 8.76. The molecular formula is C22H27N5OS. The summed E-state index contributed by atoms with van der Waals surface area (Å²) in [6.07, 6.45) is 7.53. The molecule has 3 aromatic rings. The number of hydrogen-bond acceptors (Lipinski definition) is 7. The van der Waals surface area contributed by atoms with Gasteiger partial charge in [0.2, 0.25) is 0 Å². The number of piperazine rings is 1. The van der Waals surface area contributed by atoms with Gasteiger partial charge >= 0.3 is 0 Å². The molecule has 1 aliphatic heterocycles. The maximum Gasteiger partial charge on any atom is 0.141 e. The van der Waals surface area contributed by atoms with Crippen molar-refractivity contribution in [2.75, 3.05) is 31.1 Å². The van der Waals surface area contributed by atoms with Gasteiger partial charge < -0.3 is 9.42 Å². The molecule has 3 aromatic heterocycles. The minimum Gasteiger partial charge on any atom is -0.361 e. The molecule has 2 aliphatic carbocycles. The third kappa shape index (κ3) is 3.34. The number of aryl methyl sites for hydroxylation is 3. The molecule has 0 aromatic carbocycles. The molecule has 2 fully saturated rings. The molecule has 0 radical (unpaired) electrons. The van der Waals surface area contributed by atoms with Crippen molar-refractivity contribution in [1.82, 2.24) is 20.0 Å². The lowest BCUT2D eigenvalue weighted by molar-refractivity contribution is 0.241. The summed E-state index contributed by atoms with van der Waals surface area (Å²) in [5.74, 6) is 3.78. The van der Waals surface area contributed by atoms with Gasteiger partial charge in [0, 0.05) is 49.6 Å². The summed E-state index contributed by atoms with van der Waals surface area (Å²) in [7, 11) is 0. The summed E-state index contributed by atoms with van der Waals surface area (Å²) in [4.78, 5) is 18.0. The lowest BCUT2D eigenvalue weighted by atomic mass is 9.97. The fourth-order valence-corrected chi connectivity index (χ4v) is 6.01. The highest BCUT2D eigenvalue weighted by Crippen LogP contribution is 2.44. The van der Waals surface area contributed by atoms with Gasteiger partial charge in [-0.1, -0.05) is 5.16 Å². The molecular weight excluding hydrogens is 382 g/mol. The molecule has 7 heteroatoms. The first-order valence-corrected chi connectivity index (χ1v) is 11.8. The van der Waals surface area contributed by atoms with Gasteiger partial charge in [-0.05, 0) is 51.0 Å². The maximum absolute atomic E-state index is 5.23. The highest BCUT2D eigenvalue weighted by atomic mass is 32.1. The first kappa shape index (κ1) is 17.8. The van der Waals surface area contributed by atoms with Crippen molar-refractivity contribution in [2.45, 2.75) is 57.9 Å². The van der Waals surface area contributed by atoms with Crippen LogP contribution in [0.1, 0.15) is 59.3 Å². The van der Waals surface area contributed by atoms with Crippen LogP contribution in [-0.4, -0.2) is 46.2 Å². The molecule has 6 rings (SSSR count). The first-order valence-electron chi connectivity index (χ1n) is 11.0. The zero-order valence-electron chi connectivity index (χ0n) is 17.0. The molecule has 6 nitrogen and oxygen atoms in total. The van der Waals surface area contributed by atoms with Crippen LogP contribution in [0, 0.1) is 6.92 Å². The largest absolute Gasteiger partial charge is 0.361 e. The summed E-state index contributed by atoms with van der Waals surface area (Å²) >= 11 is 1.94. The predicted octanol–water partition coefficient (Wildman–Crippen LogP) is 4.07. The Hall–Kier alpha value is -1.99. The Morgan fingerprint density at radius 2 is 1.93 bits per heavy atom. The zero-order valence-corrected chi connectivity index (χ0v) is 17.8. The van der Waals surface area contributed by atoms with E-state index < -0.39 is 0 Å². The van der Waals surface area contributed by atoms with Gasteiger partial charge in [-0.15, -0.1) is 11.3 Å². The van der Waals surface area contributed by atoms with Crippen molar-refractivity contribution in [1.29, 1.82) is 0 Å². The topological polar surface area (TPSA) is 58.3 Å². The quantitative estimate of drug-likeness (QED) is 0.648. The van der Waals surface area contributed by atoms with E-state index in [1.54, 1.807) is 10.4 Å². The molecule has 4 heterocycles. The third-order valence-corrected chi connectivity index (χ3v) is 7.68. The molecule has 152 valence electrons. The molecule has 0 bridgehead atoms. The first-order chi connectivity index (χ1) is 14.2. The zero-order chi connectivity index (χ0) is 19.4. The number of anilines is 1. The second kappa shape index (κ2) is 7.06. The summed E-state index contributed by atoms with van der Waals surface area (Å²) < 4.78 is 5.23. The Bertz CT molecular complexity index is 1050. The van der Waals surface area contributed by atoms with Gasteiger partial charge in [0.1, 0.15) is 22.2 Å². The third-order valence-electron chi connectivity index (χ3n) is 6.49. The van der Waals surface area contributed by atoms with Crippen LogP contribution in [0.2, 0.25) is 0 Å². The highest BCUT2D eigenvalue weighted by molar-refractivity contribution is 7.19. The van der Waals surface area contributed by atoms with Crippen molar-refractivity contribution < 1.29 is 4.52 Å². The van der Waals surface area contributed by atoms with Gasteiger partial charge in [-0.3, -0.25) is 4.90 Å². The van der Waals surface area contributed by atoms with E-state index in [0.717, 1.165) is 50.0 Å². The highest BCUT2D eigenvalue weighted by Gasteiger charge is 2.31. The fourth-order valence-electron chi connectivity index (χ4n) is 4.75. The van der Waals surface area contributed by atoms with E-state index >= 15 is 0 Å². The summed E-state index contributed by atoms with van der Waals surface area (Å²) in [5.41, 5.74) is 2.58. The summed E-state index contributed by atoms with van der Waals surface area (Å²) in [5, 5.41) is 5.53. The Morgan fingerprint density at radius 3 is 2.69 bits per heavy atom. The number of hydrogen-bond donors (Lipinski definition) is 0. The monoisotopic (exact) mass is 409 g/mol. The number of rotatable bonds is 4. The van der Waals surface area contributed by atoms with Crippen LogP contribution in [0.5, 0.6) is 0 Å². The van der Waals surface area contributed by atoms with Crippen molar-refractivity contribution in [3.8, 4) is 0 Å². The SMILES string of the molecule is Cc1cc(CN2CCN(c3nc(C4CC4)nc4sc5c(c34)CCCC5)CC2)no1. The average molecular weight is 410 g/mol. The Morgan fingerprint density at radius 1 is 1.10 bits per heavy atom. The summed E-state index contributed by atoms with van der Waals surface area (Å²) in [6.45, 7) is 6.90. The molecule has 3 aliphatic rings. The van der Waals surface area contributed by atoms with E-state index in [2.05, 4.69) is 15.0 Å². The Kier molecular flexibility index (Phi) is 4.34. The molecule has 1 saturated carbocycles. The van der Waals surface area contributed by atoms with Crippen molar-refractivity contribution in [2.24, 2.45) is 0 Å². The fraction of sp³-hybridized carbons (Fsp3) is 0.591. The van der Waals surface area contributed by atoms with Crippen LogP contribution in [0.3, 0.4) is 0 Å². The Balaban J connectivity index is 1.29. The smallest absolute Gasteiger partial charge is 0.141 e. The van der Waals surface area contributed by atoms with E-state index in [-0.39, 0.29) is 0 Å². The molecule has 0 atom stereocenters.